The topological polar surface area (TPSA) is 59.5 Å². The number of thiazole rings is 1. The van der Waals surface area contributed by atoms with E-state index in [-0.39, 0.29) is 6.04 Å². The largest absolute Gasteiger partial charge is 0.327 e. The molecule has 0 radical (unpaired) electrons. The van der Waals surface area contributed by atoms with Crippen LogP contribution in [0.15, 0.2) is 5.38 Å². The van der Waals surface area contributed by atoms with Gasteiger partial charge in [-0.25, -0.2) is 4.52 Å². The summed E-state index contributed by atoms with van der Waals surface area (Å²) >= 11 is 1.72. The molecule has 2 aromatic heterocycles. The molecule has 1 fully saturated rings. The monoisotopic (exact) mass is 251 g/mol. The lowest BCUT2D eigenvalue weighted by Crippen LogP contribution is -2.44. The zero-order chi connectivity index (χ0) is 12.0. The van der Waals surface area contributed by atoms with Crippen molar-refractivity contribution in [2.24, 2.45) is 5.73 Å². The van der Waals surface area contributed by atoms with E-state index in [1.807, 2.05) is 11.4 Å². The lowest BCUT2D eigenvalue weighted by molar-refractivity contribution is 0.224. The highest BCUT2D eigenvalue weighted by molar-refractivity contribution is 7.15. The van der Waals surface area contributed by atoms with Gasteiger partial charge in [-0.3, -0.25) is 0 Å². The quantitative estimate of drug-likeness (QED) is 0.816. The highest BCUT2D eigenvalue weighted by Gasteiger charge is 2.27. The lowest BCUT2D eigenvalue weighted by Gasteiger charge is -2.33. The van der Waals surface area contributed by atoms with Crippen LogP contribution in [0, 0.1) is 6.92 Å². The molecule has 2 N–H and O–H groups in total. The van der Waals surface area contributed by atoms with Gasteiger partial charge in [-0.2, -0.15) is 0 Å². The van der Waals surface area contributed by atoms with Gasteiger partial charge in [-0.05, 0) is 20.4 Å². The number of aryl methyl sites for hydroxylation is 1. The first-order valence-corrected chi connectivity index (χ1v) is 6.76. The van der Waals surface area contributed by atoms with Crippen LogP contribution in [-0.2, 0) is 0 Å². The molecule has 0 amide bonds. The first-order chi connectivity index (χ1) is 8.15. The van der Waals surface area contributed by atoms with Gasteiger partial charge in [-0.1, -0.05) is 5.21 Å². The van der Waals surface area contributed by atoms with Crippen LogP contribution >= 0.6 is 11.3 Å². The third-order valence-electron chi connectivity index (χ3n) is 3.41. The smallest absolute Gasteiger partial charge is 0.142 e. The highest BCUT2D eigenvalue weighted by atomic mass is 32.1. The second-order valence-corrected chi connectivity index (χ2v) is 5.82. The molecule has 0 bridgehead atoms. The van der Waals surface area contributed by atoms with E-state index in [4.69, 9.17) is 5.73 Å². The molecule has 3 rings (SSSR count). The maximum absolute atomic E-state index is 6.09. The summed E-state index contributed by atoms with van der Waals surface area (Å²) in [4.78, 5) is 3.45. The van der Waals surface area contributed by atoms with Crippen LogP contribution in [0.4, 0.5) is 0 Å². The zero-order valence-corrected chi connectivity index (χ0v) is 10.9. The van der Waals surface area contributed by atoms with E-state index in [0.717, 1.165) is 30.0 Å². The van der Waals surface area contributed by atoms with E-state index in [9.17, 15) is 0 Å². The van der Waals surface area contributed by atoms with Gasteiger partial charge in [0.05, 0.1) is 11.4 Å². The average molecular weight is 251 g/mol. The number of hydrogen-bond donors (Lipinski definition) is 1. The van der Waals surface area contributed by atoms with E-state index in [2.05, 4.69) is 27.6 Å². The number of likely N-dealkylation sites (N-methyl/N-ethyl adjacent to an activating group) is 1. The maximum atomic E-state index is 6.09. The summed E-state index contributed by atoms with van der Waals surface area (Å²) in [6.07, 6.45) is 1.04. The minimum Gasteiger partial charge on any atom is -0.327 e. The van der Waals surface area contributed by atoms with Crippen molar-refractivity contribution in [2.45, 2.75) is 25.3 Å². The van der Waals surface area contributed by atoms with Gasteiger partial charge < -0.3 is 10.6 Å². The van der Waals surface area contributed by atoms with Crippen molar-refractivity contribution in [3.8, 4) is 0 Å². The van der Waals surface area contributed by atoms with E-state index in [1.165, 1.54) is 5.69 Å². The van der Waals surface area contributed by atoms with Crippen LogP contribution in [0.5, 0.6) is 0 Å². The Balaban J connectivity index is 1.97. The van der Waals surface area contributed by atoms with Gasteiger partial charge in [-0.15, -0.1) is 16.4 Å². The Morgan fingerprint density at radius 2 is 2.29 bits per heavy atom. The van der Waals surface area contributed by atoms with Crippen LogP contribution in [0.2, 0.25) is 0 Å². The Morgan fingerprint density at radius 1 is 1.47 bits per heavy atom. The van der Waals surface area contributed by atoms with Gasteiger partial charge in [0.1, 0.15) is 4.83 Å². The summed E-state index contributed by atoms with van der Waals surface area (Å²) in [5.41, 5.74) is 8.35. The number of aromatic nitrogens is 3. The first kappa shape index (κ1) is 11.1. The number of piperidine rings is 1. The summed E-state index contributed by atoms with van der Waals surface area (Å²) in [6, 6.07) is 0.262. The van der Waals surface area contributed by atoms with E-state index in [1.54, 1.807) is 11.3 Å². The summed E-state index contributed by atoms with van der Waals surface area (Å²) in [5, 5.41) is 10.6. The molecule has 92 valence electrons. The van der Waals surface area contributed by atoms with E-state index >= 15 is 0 Å². The predicted molar refractivity (Wildman–Crippen MR) is 68.4 cm³/mol. The third kappa shape index (κ3) is 1.86. The average Bonchev–Trinajstić information content (AvgIpc) is 2.80. The Bertz CT molecular complexity index is 521. The van der Waals surface area contributed by atoms with Crippen molar-refractivity contribution < 1.29 is 0 Å². The number of nitrogens with zero attached hydrogens (tertiary/aromatic N) is 4. The van der Waals surface area contributed by atoms with Gasteiger partial charge in [0, 0.05) is 30.4 Å². The number of hydrogen-bond acceptors (Lipinski definition) is 5. The molecule has 1 aliphatic rings. The van der Waals surface area contributed by atoms with Gasteiger partial charge >= 0.3 is 0 Å². The SMILES string of the molecule is Cc1nnn2c(C3CC(N)CN(C)C3)csc12. The molecule has 17 heavy (non-hydrogen) atoms. The number of nitrogens with two attached hydrogens (primary N) is 1. The van der Waals surface area contributed by atoms with Crippen molar-refractivity contribution in [3.63, 3.8) is 0 Å². The minimum absolute atomic E-state index is 0.262. The molecule has 1 aliphatic heterocycles. The van der Waals surface area contributed by atoms with Crippen molar-refractivity contribution >= 4 is 16.2 Å². The standard InChI is InChI=1S/C11H17N5S/c1-7-11-16(14-13-7)10(6-17-11)8-3-9(12)5-15(2)4-8/h6,8-9H,3-5,12H2,1-2H3. The number of rotatable bonds is 1. The molecule has 0 aromatic carbocycles. The van der Waals surface area contributed by atoms with Crippen LogP contribution in [0.25, 0.3) is 4.83 Å². The molecule has 2 aromatic rings. The van der Waals surface area contributed by atoms with E-state index < -0.39 is 0 Å². The maximum Gasteiger partial charge on any atom is 0.142 e. The normalized spacial score (nSPS) is 26.8. The molecule has 3 heterocycles. The number of likely N-dealkylation sites (tertiary alicyclic amines) is 1. The fraction of sp³-hybridized carbons (Fsp3) is 0.636. The predicted octanol–water partition coefficient (Wildman–Crippen LogP) is 0.846. The van der Waals surface area contributed by atoms with Crippen LogP contribution in [-0.4, -0.2) is 45.9 Å². The van der Waals surface area contributed by atoms with Crippen LogP contribution in [0.1, 0.15) is 23.7 Å². The molecule has 2 atom stereocenters. The lowest BCUT2D eigenvalue weighted by atomic mass is 9.93. The van der Waals surface area contributed by atoms with Gasteiger partial charge in [0.25, 0.3) is 0 Å². The zero-order valence-electron chi connectivity index (χ0n) is 10.1. The summed E-state index contributed by atoms with van der Waals surface area (Å²) in [5.74, 6) is 0.471. The third-order valence-corrected chi connectivity index (χ3v) is 4.46. The molecule has 1 saturated heterocycles. The highest BCUT2D eigenvalue weighted by Crippen LogP contribution is 2.29. The second-order valence-electron chi connectivity index (χ2n) is 4.97. The Morgan fingerprint density at radius 3 is 3.06 bits per heavy atom. The Kier molecular flexibility index (Phi) is 2.65. The van der Waals surface area contributed by atoms with E-state index in [0.29, 0.717) is 5.92 Å². The summed E-state index contributed by atoms with van der Waals surface area (Å²) in [7, 11) is 2.13. The molecule has 0 saturated carbocycles. The van der Waals surface area contributed by atoms with Crippen molar-refractivity contribution in [1.82, 2.24) is 19.7 Å². The molecule has 2 unspecified atom stereocenters. The van der Waals surface area contributed by atoms with Crippen molar-refractivity contribution in [1.29, 1.82) is 0 Å². The Hall–Kier alpha value is -0.980. The molecule has 0 spiro atoms. The van der Waals surface area contributed by atoms with Crippen molar-refractivity contribution in [2.75, 3.05) is 20.1 Å². The summed E-state index contributed by atoms with van der Waals surface area (Å²) in [6.45, 7) is 4.04. The minimum atomic E-state index is 0.262. The number of fused-ring (bicyclic) bond motifs is 1. The molecule has 0 aliphatic carbocycles. The molecule has 6 heteroatoms. The van der Waals surface area contributed by atoms with Gasteiger partial charge in [0.2, 0.25) is 0 Å². The second kappa shape index (κ2) is 4.04. The molecular weight excluding hydrogens is 234 g/mol. The van der Waals surface area contributed by atoms with Crippen molar-refractivity contribution in [3.05, 3.63) is 16.8 Å². The fourth-order valence-corrected chi connectivity index (χ4v) is 3.65. The van der Waals surface area contributed by atoms with Crippen LogP contribution < -0.4 is 5.73 Å². The molecule has 5 nitrogen and oxygen atoms in total. The summed E-state index contributed by atoms with van der Waals surface area (Å²) < 4.78 is 1.98. The fourth-order valence-electron chi connectivity index (χ4n) is 2.67. The first-order valence-electron chi connectivity index (χ1n) is 5.88. The van der Waals surface area contributed by atoms with Gasteiger partial charge in [0.15, 0.2) is 0 Å². The van der Waals surface area contributed by atoms with Crippen LogP contribution in [0.3, 0.4) is 0 Å². The molecular formula is C11H17N5S. The Labute approximate surface area is 104 Å².